The first-order chi connectivity index (χ1) is 14.4. The lowest BCUT2D eigenvalue weighted by Gasteiger charge is -2.13. The zero-order valence-corrected chi connectivity index (χ0v) is 16.2. The average Bonchev–Trinajstić information content (AvgIpc) is 3.01. The molecule has 3 rings (SSSR count). The van der Waals surface area contributed by atoms with Gasteiger partial charge in [-0.15, -0.1) is 0 Å². The number of hydrogen-bond donors (Lipinski definition) is 1. The third-order valence-electron chi connectivity index (χ3n) is 4.17. The van der Waals surface area contributed by atoms with E-state index in [4.69, 9.17) is 5.26 Å². The SMILES string of the molecule is N#Cc1ccc(C(=O)NCCN2C(=O)SC(=Cc3ccc([N+](=O)[O-])cc3)C2=O)cc1. The van der Waals surface area contributed by atoms with E-state index in [9.17, 15) is 24.5 Å². The summed E-state index contributed by atoms with van der Waals surface area (Å²) < 4.78 is 0. The van der Waals surface area contributed by atoms with Crippen molar-refractivity contribution >= 4 is 40.6 Å². The number of nitrogens with one attached hydrogen (secondary N) is 1. The van der Waals surface area contributed by atoms with Crippen LogP contribution in [0.5, 0.6) is 0 Å². The minimum absolute atomic E-state index is 0.00425. The maximum absolute atomic E-state index is 12.5. The van der Waals surface area contributed by atoms with Crippen LogP contribution in [0.25, 0.3) is 6.08 Å². The van der Waals surface area contributed by atoms with Gasteiger partial charge in [-0.05, 0) is 59.8 Å². The molecule has 1 saturated heterocycles. The van der Waals surface area contributed by atoms with Gasteiger partial charge in [-0.25, -0.2) is 0 Å². The molecule has 0 aliphatic carbocycles. The molecule has 0 radical (unpaired) electrons. The molecule has 10 heteroatoms. The van der Waals surface area contributed by atoms with E-state index >= 15 is 0 Å². The molecule has 3 amide bonds. The van der Waals surface area contributed by atoms with Gasteiger partial charge < -0.3 is 5.32 Å². The number of thioether (sulfide) groups is 1. The van der Waals surface area contributed by atoms with Crippen molar-refractivity contribution in [2.45, 2.75) is 0 Å². The van der Waals surface area contributed by atoms with Crippen LogP contribution < -0.4 is 5.32 Å². The number of nitrogens with zero attached hydrogens (tertiary/aromatic N) is 3. The molecule has 2 aromatic rings. The van der Waals surface area contributed by atoms with E-state index in [-0.39, 0.29) is 29.6 Å². The van der Waals surface area contributed by atoms with E-state index in [2.05, 4.69) is 5.32 Å². The van der Waals surface area contributed by atoms with Crippen molar-refractivity contribution in [2.75, 3.05) is 13.1 Å². The van der Waals surface area contributed by atoms with Crippen LogP contribution in [0, 0.1) is 21.4 Å². The lowest BCUT2D eigenvalue weighted by Crippen LogP contribution is -2.37. The van der Waals surface area contributed by atoms with Crippen LogP contribution in [-0.4, -0.2) is 40.0 Å². The van der Waals surface area contributed by atoms with Crippen molar-refractivity contribution in [3.8, 4) is 6.07 Å². The second kappa shape index (κ2) is 9.02. The Labute approximate surface area is 175 Å². The smallest absolute Gasteiger partial charge is 0.293 e. The summed E-state index contributed by atoms with van der Waals surface area (Å²) in [6, 6.07) is 13.6. The molecule has 1 aliphatic heterocycles. The van der Waals surface area contributed by atoms with Crippen LogP contribution in [0.1, 0.15) is 21.5 Å². The van der Waals surface area contributed by atoms with Crippen LogP contribution in [0.3, 0.4) is 0 Å². The molecule has 0 saturated carbocycles. The summed E-state index contributed by atoms with van der Waals surface area (Å²) in [5.74, 6) is -0.871. The Morgan fingerprint density at radius 3 is 2.43 bits per heavy atom. The Morgan fingerprint density at radius 2 is 1.83 bits per heavy atom. The van der Waals surface area contributed by atoms with Gasteiger partial charge in [-0.2, -0.15) is 5.26 Å². The number of carbonyl (C=O) groups excluding carboxylic acids is 3. The monoisotopic (exact) mass is 422 g/mol. The van der Waals surface area contributed by atoms with Gasteiger partial charge in [-0.3, -0.25) is 29.4 Å². The topological polar surface area (TPSA) is 133 Å². The second-order valence-corrected chi connectivity index (χ2v) is 7.12. The fourth-order valence-corrected chi connectivity index (χ4v) is 3.48. The highest BCUT2D eigenvalue weighted by molar-refractivity contribution is 8.18. The van der Waals surface area contributed by atoms with Gasteiger partial charge in [0.25, 0.3) is 22.7 Å². The minimum Gasteiger partial charge on any atom is -0.350 e. The Balaban J connectivity index is 1.58. The number of benzene rings is 2. The van der Waals surface area contributed by atoms with Crippen LogP contribution in [0.4, 0.5) is 10.5 Å². The zero-order chi connectivity index (χ0) is 21.7. The standard InChI is InChI=1S/C20H14N4O5S/c21-12-14-1-5-15(6-2-14)18(25)22-9-10-23-19(26)17(30-20(23)27)11-13-3-7-16(8-4-13)24(28)29/h1-8,11H,9-10H2,(H,22,25). The first kappa shape index (κ1) is 20.8. The highest BCUT2D eigenvalue weighted by atomic mass is 32.2. The quantitative estimate of drug-likeness (QED) is 0.430. The lowest BCUT2D eigenvalue weighted by atomic mass is 10.1. The first-order valence-electron chi connectivity index (χ1n) is 8.67. The third-order valence-corrected chi connectivity index (χ3v) is 5.08. The summed E-state index contributed by atoms with van der Waals surface area (Å²) in [6.07, 6.45) is 1.49. The predicted molar refractivity (Wildman–Crippen MR) is 109 cm³/mol. The molecule has 9 nitrogen and oxygen atoms in total. The summed E-state index contributed by atoms with van der Waals surface area (Å²) in [5.41, 5.74) is 1.28. The summed E-state index contributed by atoms with van der Waals surface area (Å²) in [4.78, 5) is 48.1. The number of hydrogen-bond acceptors (Lipinski definition) is 7. The molecule has 2 aromatic carbocycles. The molecule has 0 atom stereocenters. The van der Waals surface area contributed by atoms with Crippen molar-refractivity contribution in [3.63, 3.8) is 0 Å². The van der Waals surface area contributed by atoms with Crippen molar-refractivity contribution in [1.82, 2.24) is 10.2 Å². The van der Waals surface area contributed by atoms with E-state index in [1.165, 1.54) is 54.6 Å². The lowest BCUT2D eigenvalue weighted by molar-refractivity contribution is -0.384. The number of nitriles is 1. The van der Waals surface area contributed by atoms with E-state index in [1.807, 2.05) is 6.07 Å². The third kappa shape index (κ3) is 4.71. The summed E-state index contributed by atoms with van der Waals surface area (Å²) in [5, 5.41) is 21.6. The number of rotatable bonds is 6. The number of imide groups is 1. The number of amides is 3. The van der Waals surface area contributed by atoms with Crippen LogP contribution in [0.15, 0.2) is 53.4 Å². The largest absolute Gasteiger partial charge is 0.350 e. The number of non-ortho nitro benzene ring substituents is 1. The minimum atomic E-state index is -0.524. The summed E-state index contributed by atoms with van der Waals surface area (Å²) in [7, 11) is 0. The molecule has 1 aliphatic rings. The Bertz CT molecular complexity index is 1090. The van der Waals surface area contributed by atoms with Gasteiger partial charge in [-0.1, -0.05) is 0 Å². The fourth-order valence-electron chi connectivity index (χ4n) is 2.62. The van der Waals surface area contributed by atoms with Crippen molar-refractivity contribution < 1.29 is 19.3 Å². The molecule has 150 valence electrons. The molecule has 1 fully saturated rings. The molecule has 0 unspecified atom stereocenters. The average molecular weight is 422 g/mol. The summed E-state index contributed by atoms with van der Waals surface area (Å²) >= 11 is 0.768. The van der Waals surface area contributed by atoms with Gasteiger partial charge in [0.15, 0.2) is 0 Å². The van der Waals surface area contributed by atoms with Crippen molar-refractivity contribution in [1.29, 1.82) is 5.26 Å². The molecule has 0 aromatic heterocycles. The van der Waals surface area contributed by atoms with Crippen LogP contribution in [-0.2, 0) is 4.79 Å². The zero-order valence-electron chi connectivity index (χ0n) is 15.4. The normalized spacial score (nSPS) is 14.6. The summed E-state index contributed by atoms with van der Waals surface area (Å²) in [6.45, 7) is 0.0754. The number of nitro benzene ring substituents is 1. The molecule has 0 bridgehead atoms. The van der Waals surface area contributed by atoms with E-state index in [1.54, 1.807) is 0 Å². The van der Waals surface area contributed by atoms with E-state index < -0.39 is 16.1 Å². The Morgan fingerprint density at radius 1 is 1.17 bits per heavy atom. The highest BCUT2D eigenvalue weighted by Gasteiger charge is 2.34. The number of nitro groups is 1. The Hall–Kier alpha value is -3.97. The molecular weight excluding hydrogens is 408 g/mol. The van der Waals surface area contributed by atoms with Gasteiger partial charge in [0, 0.05) is 30.8 Å². The molecular formula is C20H14N4O5S. The first-order valence-corrected chi connectivity index (χ1v) is 9.49. The van der Waals surface area contributed by atoms with Crippen LogP contribution >= 0.6 is 11.8 Å². The molecule has 1 heterocycles. The molecule has 30 heavy (non-hydrogen) atoms. The van der Waals surface area contributed by atoms with Gasteiger partial charge in [0.1, 0.15) is 0 Å². The van der Waals surface area contributed by atoms with Gasteiger partial charge in [0.05, 0.1) is 21.5 Å². The van der Waals surface area contributed by atoms with Gasteiger partial charge in [0.2, 0.25) is 0 Å². The maximum atomic E-state index is 12.5. The van der Waals surface area contributed by atoms with Crippen LogP contribution in [0.2, 0.25) is 0 Å². The van der Waals surface area contributed by atoms with Gasteiger partial charge >= 0.3 is 0 Å². The van der Waals surface area contributed by atoms with E-state index in [0.717, 1.165) is 16.7 Å². The second-order valence-electron chi connectivity index (χ2n) is 6.13. The van der Waals surface area contributed by atoms with Crippen molar-refractivity contribution in [3.05, 3.63) is 80.2 Å². The van der Waals surface area contributed by atoms with E-state index in [0.29, 0.717) is 16.7 Å². The van der Waals surface area contributed by atoms with Crippen molar-refractivity contribution in [2.24, 2.45) is 0 Å². The molecule has 1 N–H and O–H groups in total. The maximum Gasteiger partial charge on any atom is 0.293 e. The fraction of sp³-hybridized carbons (Fsp3) is 0.100. The predicted octanol–water partition coefficient (Wildman–Crippen LogP) is 2.93. The highest BCUT2D eigenvalue weighted by Crippen LogP contribution is 2.32. The molecule has 0 spiro atoms. The Kier molecular flexibility index (Phi) is 6.24. The number of carbonyl (C=O) groups is 3.